The van der Waals surface area contributed by atoms with Gasteiger partial charge in [0.1, 0.15) is 18.4 Å². The number of sulfonamides is 1. The van der Waals surface area contributed by atoms with Crippen molar-refractivity contribution in [3.63, 3.8) is 0 Å². The van der Waals surface area contributed by atoms with E-state index in [1.165, 1.54) is 29.2 Å². The number of rotatable bonds is 11. The van der Waals surface area contributed by atoms with Crippen LogP contribution in [0.2, 0.25) is 0 Å². The fourth-order valence-electron chi connectivity index (χ4n) is 4.19. The summed E-state index contributed by atoms with van der Waals surface area (Å²) in [4.78, 5) is 28.5. The molecule has 0 fully saturated rings. The Kier molecular flexibility index (Phi) is 10.1. The number of carbonyl (C=O) groups is 2. The van der Waals surface area contributed by atoms with Gasteiger partial charge in [0.2, 0.25) is 11.8 Å². The molecule has 1 N–H and O–H groups in total. The zero-order valence-corrected chi connectivity index (χ0v) is 24.8. The number of hydrogen-bond donors (Lipinski definition) is 1. The monoisotopic (exact) mass is 567 g/mol. The first-order chi connectivity index (χ1) is 18.8. The minimum atomic E-state index is -4.15. The summed E-state index contributed by atoms with van der Waals surface area (Å²) in [5.74, 6) is -1.34. The second-order valence-corrected chi connectivity index (χ2v) is 12.0. The van der Waals surface area contributed by atoms with Crippen molar-refractivity contribution in [1.82, 2.24) is 10.2 Å². The summed E-state index contributed by atoms with van der Waals surface area (Å²) in [6.45, 7) is 10.4. The number of benzene rings is 3. The molecule has 214 valence electrons. The summed E-state index contributed by atoms with van der Waals surface area (Å²) in [5, 5.41) is 2.90. The van der Waals surface area contributed by atoms with Crippen LogP contribution in [0.5, 0.6) is 0 Å². The minimum Gasteiger partial charge on any atom is -0.352 e. The third-order valence-corrected chi connectivity index (χ3v) is 8.94. The number of carbonyl (C=O) groups excluding carboxylic acids is 2. The molecule has 0 aliphatic rings. The van der Waals surface area contributed by atoms with Crippen LogP contribution in [0.1, 0.15) is 49.4 Å². The first-order valence-electron chi connectivity index (χ1n) is 13.3. The molecule has 0 saturated heterocycles. The zero-order chi connectivity index (χ0) is 29.6. The van der Waals surface area contributed by atoms with Gasteiger partial charge < -0.3 is 10.2 Å². The van der Waals surface area contributed by atoms with Crippen molar-refractivity contribution in [2.45, 2.75) is 71.5 Å². The molecule has 0 saturated carbocycles. The van der Waals surface area contributed by atoms with Crippen LogP contribution in [-0.4, -0.2) is 43.8 Å². The first kappa shape index (κ1) is 30.8. The summed E-state index contributed by atoms with van der Waals surface area (Å²) >= 11 is 0. The Morgan fingerprint density at radius 3 is 2.15 bits per heavy atom. The molecule has 0 heterocycles. The molecule has 7 nitrogen and oxygen atoms in total. The second-order valence-electron chi connectivity index (χ2n) is 10.2. The smallest absolute Gasteiger partial charge is 0.264 e. The normalized spacial score (nSPS) is 12.9. The van der Waals surface area contributed by atoms with Crippen molar-refractivity contribution in [3.8, 4) is 0 Å². The number of nitrogens with zero attached hydrogens (tertiary/aromatic N) is 2. The molecule has 0 spiro atoms. The van der Waals surface area contributed by atoms with Gasteiger partial charge in [-0.25, -0.2) is 12.8 Å². The van der Waals surface area contributed by atoms with Gasteiger partial charge in [0, 0.05) is 12.6 Å². The fraction of sp³-hybridized carbons (Fsp3) is 0.355. The highest BCUT2D eigenvalue weighted by atomic mass is 32.2. The van der Waals surface area contributed by atoms with E-state index >= 15 is 0 Å². The lowest BCUT2D eigenvalue weighted by atomic mass is 10.1. The lowest BCUT2D eigenvalue weighted by Crippen LogP contribution is -2.52. The van der Waals surface area contributed by atoms with Crippen LogP contribution in [0, 0.1) is 26.6 Å². The Labute approximate surface area is 237 Å². The lowest BCUT2D eigenvalue weighted by molar-refractivity contribution is -0.139. The van der Waals surface area contributed by atoms with Gasteiger partial charge in [-0.05, 0) is 88.1 Å². The standard InChI is InChI=1S/C31H38FN3O4S/c1-7-23(4)33-31(37)25(6)34(19-26-13-15-27(32)16-14-26)30(36)20-35(29-10-8-9-22(3)24(29)5)40(38,39)28-17-11-21(2)12-18-28/h8-18,23,25H,7,19-20H2,1-6H3,(H,33,37)/t23-,25-/m0/s1. The van der Waals surface area contributed by atoms with E-state index in [0.717, 1.165) is 21.0 Å². The zero-order valence-electron chi connectivity index (χ0n) is 23.9. The van der Waals surface area contributed by atoms with E-state index in [-0.39, 0.29) is 23.4 Å². The van der Waals surface area contributed by atoms with E-state index < -0.39 is 34.3 Å². The van der Waals surface area contributed by atoms with Crippen molar-refractivity contribution >= 4 is 27.5 Å². The van der Waals surface area contributed by atoms with Crippen LogP contribution in [0.25, 0.3) is 0 Å². The van der Waals surface area contributed by atoms with E-state index in [4.69, 9.17) is 0 Å². The van der Waals surface area contributed by atoms with Gasteiger partial charge in [-0.2, -0.15) is 0 Å². The number of aryl methyl sites for hydroxylation is 2. The lowest BCUT2D eigenvalue weighted by Gasteiger charge is -2.33. The van der Waals surface area contributed by atoms with Crippen LogP contribution >= 0.6 is 0 Å². The molecule has 0 aliphatic carbocycles. The highest BCUT2D eigenvalue weighted by Gasteiger charge is 2.33. The molecule has 3 aromatic carbocycles. The summed E-state index contributed by atoms with van der Waals surface area (Å²) in [5.41, 5.74) is 3.49. The number of nitrogens with one attached hydrogen (secondary N) is 1. The van der Waals surface area contributed by atoms with Crippen LogP contribution in [0.3, 0.4) is 0 Å². The van der Waals surface area contributed by atoms with Crippen LogP contribution in [0.15, 0.2) is 71.6 Å². The average Bonchev–Trinajstić information content (AvgIpc) is 2.92. The van der Waals surface area contributed by atoms with Gasteiger partial charge in [0.15, 0.2) is 0 Å². The van der Waals surface area contributed by atoms with Gasteiger partial charge in [0.25, 0.3) is 10.0 Å². The quantitative estimate of drug-likeness (QED) is 0.342. The molecule has 2 atom stereocenters. The third kappa shape index (κ3) is 7.27. The Bertz CT molecular complexity index is 1440. The van der Waals surface area contributed by atoms with Crippen molar-refractivity contribution in [2.75, 3.05) is 10.8 Å². The van der Waals surface area contributed by atoms with Gasteiger partial charge in [0.05, 0.1) is 10.6 Å². The van der Waals surface area contributed by atoms with Crippen molar-refractivity contribution in [3.05, 3.63) is 94.8 Å². The molecule has 0 unspecified atom stereocenters. The maximum atomic E-state index is 14.0. The van der Waals surface area contributed by atoms with Crippen molar-refractivity contribution in [2.24, 2.45) is 0 Å². The van der Waals surface area contributed by atoms with Gasteiger partial charge in [-0.15, -0.1) is 0 Å². The van der Waals surface area contributed by atoms with Gasteiger partial charge in [-0.3, -0.25) is 13.9 Å². The predicted octanol–water partition coefficient (Wildman–Crippen LogP) is 5.28. The highest BCUT2D eigenvalue weighted by molar-refractivity contribution is 7.92. The van der Waals surface area contributed by atoms with Gasteiger partial charge in [-0.1, -0.05) is 48.9 Å². The average molecular weight is 568 g/mol. The molecule has 3 rings (SSSR count). The summed E-state index contributed by atoms with van der Waals surface area (Å²) in [7, 11) is -4.15. The largest absolute Gasteiger partial charge is 0.352 e. The van der Waals surface area contributed by atoms with E-state index in [0.29, 0.717) is 17.7 Å². The molecular formula is C31H38FN3O4S. The summed E-state index contributed by atoms with van der Waals surface area (Å²) in [6.07, 6.45) is 0.708. The number of halogens is 1. The first-order valence-corrected chi connectivity index (χ1v) is 14.8. The van der Waals surface area contributed by atoms with E-state index in [2.05, 4.69) is 5.32 Å². The predicted molar refractivity (Wildman–Crippen MR) is 156 cm³/mol. The molecular weight excluding hydrogens is 529 g/mol. The minimum absolute atomic E-state index is 0.000571. The SMILES string of the molecule is CC[C@H](C)NC(=O)[C@H](C)N(Cc1ccc(F)cc1)C(=O)CN(c1cccc(C)c1C)S(=O)(=O)c1ccc(C)cc1. The second kappa shape index (κ2) is 13.1. The summed E-state index contributed by atoms with van der Waals surface area (Å²) < 4.78 is 42.7. The summed E-state index contributed by atoms with van der Waals surface area (Å²) in [6, 6.07) is 16.4. The van der Waals surface area contributed by atoms with Crippen molar-refractivity contribution < 1.29 is 22.4 Å². The van der Waals surface area contributed by atoms with E-state index in [1.54, 1.807) is 43.3 Å². The molecule has 0 radical (unpaired) electrons. The molecule has 0 aromatic heterocycles. The molecule has 40 heavy (non-hydrogen) atoms. The van der Waals surface area contributed by atoms with Crippen LogP contribution < -0.4 is 9.62 Å². The van der Waals surface area contributed by atoms with E-state index in [1.807, 2.05) is 40.7 Å². The van der Waals surface area contributed by atoms with E-state index in [9.17, 15) is 22.4 Å². The molecule has 9 heteroatoms. The Morgan fingerprint density at radius 2 is 1.55 bits per heavy atom. The maximum Gasteiger partial charge on any atom is 0.264 e. The Morgan fingerprint density at radius 1 is 0.925 bits per heavy atom. The Hall–Kier alpha value is -3.72. The van der Waals surface area contributed by atoms with Crippen LogP contribution in [0.4, 0.5) is 10.1 Å². The van der Waals surface area contributed by atoms with Gasteiger partial charge >= 0.3 is 0 Å². The van der Waals surface area contributed by atoms with Crippen molar-refractivity contribution in [1.29, 1.82) is 0 Å². The fourth-order valence-corrected chi connectivity index (χ4v) is 5.66. The highest BCUT2D eigenvalue weighted by Crippen LogP contribution is 2.29. The number of amides is 2. The molecule has 0 bridgehead atoms. The molecule has 0 aliphatic heterocycles. The Balaban J connectivity index is 2.06. The molecule has 2 amide bonds. The maximum absolute atomic E-state index is 14.0. The van der Waals surface area contributed by atoms with Crippen LogP contribution in [-0.2, 0) is 26.2 Å². The third-order valence-electron chi connectivity index (χ3n) is 7.17. The number of anilines is 1. The topological polar surface area (TPSA) is 86.8 Å². The molecule has 3 aromatic rings. The number of hydrogen-bond acceptors (Lipinski definition) is 4.